The molecule has 1 heterocycles. The summed E-state index contributed by atoms with van der Waals surface area (Å²) < 4.78 is 37.2. The van der Waals surface area contributed by atoms with Crippen LogP contribution in [0.3, 0.4) is 0 Å². The number of hydrogen-bond donors (Lipinski definition) is 1. The number of aromatic nitrogens is 1. The second-order valence-electron chi connectivity index (χ2n) is 4.44. The molecule has 0 atom stereocenters. The zero-order valence-corrected chi connectivity index (χ0v) is 12.0. The molecule has 0 aliphatic rings. The van der Waals surface area contributed by atoms with E-state index in [2.05, 4.69) is 10.3 Å². The van der Waals surface area contributed by atoms with Gasteiger partial charge in [0.15, 0.2) is 0 Å². The third kappa shape index (κ3) is 4.29. The summed E-state index contributed by atoms with van der Waals surface area (Å²) in [7, 11) is 0. The fourth-order valence-corrected chi connectivity index (χ4v) is 2.39. The average molecular weight is 314 g/mol. The van der Waals surface area contributed by atoms with Crippen molar-refractivity contribution in [3.05, 3.63) is 51.5 Å². The number of alkyl halides is 3. The molecule has 2 aromatic rings. The van der Waals surface area contributed by atoms with E-state index in [9.17, 15) is 18.0 Å². The Morgan fingerprint density at radius 1 is 1.29 bits per heavy atom. The zero-order valence-electron chi connectivity index (χ0n) is 11.2. The van der Waals surface area contributed by atoms with E-state index >= 15 is 0 Å². The van der Waals surface area contributed by atoms with E-state index in [4.69, 9.17) is 0 Å². The molecular weight excluding hydrogens is 301 g/mol. The first kappa shape index (κ1) is 15.5. The molecule has 21 heavy (non-hydrogen) atoms. The van der Waals surface area contributed by atoms with Crippen molar-refractivity contribution in [3.8, 4) is 0 Å². The maximum Gasteiger partial charge on any atom is 0.416 e. The lowest BCUT2D eigenvalue weighted by molar-refractivity contribution is -0.137. The Morgan fingerprint density at radius 2 is 1.95 bits per heavy atom. The SMILES string of the molecule is Cc1nc(CCNC(=O)c2ccc(C(F)(F)F)cc2)cs1. The maximum atomic E-state index is 12.4. The number of benzene rings is 1. The van der Waals surface area contributed by atoms with E-state index in [0.29, 0.717) is 13.0 Å². The molecule has 7 heteroatoms. The number of carbonyl (C=O) groups excluding carboxylic acids is 1. The summed E-state index contributed by atoms with van der Waals surface area (Å²) in [5, 5.41) is 5.53. The molecule has 0 fully saturated rings. The average Bonchev–Trinajstić information content (AvgIpc) is 2.83. The zero-order chi connectivity index (χ0) is 15.5. The quantitative estimate of drug-likeness (QED) is 0.939. The van der Waals surface area contributed by atoms with Gasteiger partial charge < -0.3 is 5.32 Å². The van der Waals surface area contributed by atoms with Gasteiger partial charge in [0.1, 0.15) is 0 Å². The van der Waals surface area contributed by atoms with Gasteiger partial charge in [-0.3, -0.25) is 4.79 Å². The summed E-state index contributed by atoms with van der Waals surface area (Å²) in [6, 6.07) is 4.15. The van der Waals surface area contributed by atoms with Crippen LogP contribution in [0.15, 0.2) is 29.6 Å². The van der Waals surface area contributed by atoms with Gasteiger partial charge in [-0.25, -0.2) is 4.98 Å². The summed E-state index contributed by atoms with van der Waals surface area (Å²) in [4.78, 5) is 16.1. The minimum atomic E-state index is -4.39. The van der Waals surface area contributed by atoms with Crippen molar-refractivity contribution in [2.75, 3.05) is 6.54 Å². The predicted octanol–water partition coefficient (Wildman–Crippen LogP) is 3.44. The Balaban J connectivity index is 1.88. The van der Waals surface area contributed by atoms with Gasteiger partial charge in [-0.1, -0.05) is 0 Å². The molecule has 0 radical (unpaired) electrons. The van der Waals surface area contributed by atoms with Gasteiger partial charge in [-0.2, -0.15) is 13.2 Å². The number of thiazole rings is 1. The van der Waals surface area contributed by atoms with Crippen molar-refractivity contribution in [2.24, 2.45) is 0 Å². The minimum Gasteiger partial charge on any atom is -0.352 e. The van der Waals surface area contributed by atoms with Crippen LogP contribution in [0.5, 0.6) is 0 Å². The maximum absolute atomic E-state index is 12.4. The molecule has 1 aromatic heterocycles. The first-order chi connectivity index (χ1) is 9.86. The third-order valence-electron chi connectivity index (χ3n) is 2.81. The molecule has 0 unspecified atom stereocenters. The first-order valence-electron chi connectivity index (χ1n) is 6.23. The fraction of sp³-hybridized carbons (Fsp3) is 0.286. The van der Waals surface area contributed by atoms with Gasteiger partial charge in [0, 0.05) is 23.9 Å². The molecule has 0 aliphatic heterocycles. The summed E-state index contributed by atoms with van der Waals surface area (Å²) in [6.45, 7) is 2.29. The van der Waals surface area contributed by atoms with Crippen LogP contribution in [0.25, 0.3) is 0 Å². The lowest BCUT2D eigenvalue weighted by Crippen LogP contribution is -2.25. The van der Waals surface area contributed by atoms with Crippen LogP contribution in [0.2, 0.25) is 0 Å². The topological polar surface area (TPSA) is 42.0 Å². The Morgan fingerprint density at radius 3 is 2.48 bits per heavy atom. The highest BCUT2D eigenvalue weighted by Gasteiger charge is 2.30. The summed E-state index contributed by atoms with van der Waals surface area (Å²) in [5.74, 6) is -0.393. The third-order valence-corrected chi connectivity index (χ3v) is 3.63. The minimum absolute atomic E-state index is 0.206. The van der Waals surface area contributed by atoms with Gasteiger partial charge in [-0.15, -0.1) is 11.3 Å². The molecule has 1 amide bonds. The number of rotatable bonds is 4. The summed E-state index contributed by atoms with van der Waals surface area (Å²) in [5.41, 5.74) is 0.333. The molecular formula is C14H13F3N2OS. The van der Waals surface area contributed by atoms with Crippen molar-refractivity contribution in [1.29, 1.82) is 0 Å². The van der Waals surface area contributed by atoms with Crippen LogP contribution in [-0.2, 0) is 12.6 Å². The van der Waals surface area contributed by atoms with Crippen LogP contribution in [0.1, 0.15) is 26.6 Å². The van der Waals surface area contributed by atoms with Gasteiger partial charge in [0.2, 0.25) is 0 Å². The summed E-state index contributed by atoms with van der Waals surface area (Å²) >= 11 is 1.53. The van der Waals surface area contributed by atoms with Gasteiger partial charge in [0.05, 0.1) is 16.3 Å². The second kappa shape index (κ2) is 6.26. The molecule has 0 bridgehead atoms. The Kier molecular flexibility index (Phi) is 4.62. The molecule has 0 saturated heterocycles. The van der Waals surface area contributed by atoms with Crippen LogP contribution < -0.4 is 5.32 Å². The predicted molar refractivity (Wildman–Crippen MR) is 74.3 cm³/mol. The molecule has 2 rings (SSSR count). The van der Waals surface area contributed by atoms with Crippen LogP contribution in [-0.4, -0.2) is 17.4 Å². The van der Waals surface area contributed by atoms with E-state index in [1.165, 1.54) is 23.5 Å². The number of halogens is 3. The van der Waals surface area contributed by atoms with E-state index in [1.807, 2.05) is 12.3 Å². The fourth-order valence-electron chi connectivity index (χ4n) is 1.74. The van der Waals surface area contributed by atoms with Crippen LogP contribution in [0, 0.1) is 6.92 Å². The van der Waals surface area contributed by atoms with E-state index in [1.54, 1.807) is 0 Å². The number of aryl methyl sites for hydroxylation is 1. The molecule has 0 spiro atoms. The number of nitrogens with one attached hydrogen (secondary N) is 1. The normalized spacial score (nSPS) is 11.4. The lowest BCUT2D eigenvalue weighted by Gasteiger charge is -2.08. The number of hydrogen-bond acceptors (Lipinski definition) is 3. The highest BCUT2D eigenvalue weighted by Crippen LogP contribution is 2.29. The smallest absolute Gasteiger partial charge is 0.352 e. The van der Waals surface area contributed by atoms with Crippen molar-refractivity contribution in [2.45, 2.75) is 19.5 Å². The van der Waals surface area contributed by atoms with E-state index in [-0.39, 0.29) is 5.56 Å². The molecule has 112 valence electrons. The lowest BCUT2D eigenvalue weighted by atomic mass is 10.1. The highest BCUT2D eigenvalue weighted by atomic mass is 32.1. The van der Waals surface area contributed by atoms with Gasteiger partial charge in [0.25, 0.3) is 5.91 Å². The van der Waals surface area contributed by atoms with Crippen molar-refractivity contribution < 1.29 is 18.0 Å². The highest BCUT2D eigenvalue weighted by molar-refractivity contribution is 7.09. The standard InChI is InChI=1S/C14H13F3N2OS/c1-9-19-12(8-21-9)6-7-18-13(20)10-2-4-11(5-3-10)14(15,16)17/h2-5,8H,6-7H2,1H3,(H,18,20). The number of nitrogens with zero attached hydrogens (tertiary/aromatic N) is 1. The summed E-state index contributed by atoms with van der Waals surface area (Å²) in [6.07, 6.45) is -3.80. The van der Waals surface area contributed by atoms with Gasteiger partial charge >= 0.3 is 6.18 Å². The van der Waals surface area contributed by atoms with Crippen molar-refractivity contribution in [3.63, 3.8) is 0 Å². The Labute approximate surface area is 123 Å². The second-order valence-corrected chi connectivity index (χ2v) is 5.50. The first-order valence-corrected chi connectivity index (χ1v) is 7.10. The Hall–Kier alpha value is -1.89. The van der Waals surface area contributed by atoms with E-state index in [0.717, 1.165) is 22.8 Å². The number of amides is 1. The number of carbonyl (C=O) groups is 1. The van der Waals surface area contributed by atoms with Crippen molar-refractivity contribution in [1.82, 2.24) is 10.3 Å². The molecule has 0 saturated carbocycles. The molecule has 1 aromatic carbocycles. The van der Waals surface area contributed by atoms with E-state index < -0.39 is 17.6 Å². The Bertz CT molecular complexity index is 620. The molecule has 3 nitrogen and oxygen atoms in total. The monoisotopic (exact) mass is 314 g/mol. The largest absolute Gasteiger partial charge is 0.416 e. The molecule has 0 aliphatic carbocycles. The van der Waals surface area contributed by atoms with Crippen LogP contribution >= 0.6 is 11.3 Å². The van der Waals surface area contributed by atoms with Crippen LogP contribution in [0.4, 0.5) is 13.2 Å². The van der Waals surface area contributed by atoms with Crippen molar-refractivity contribution >= 4 is 17.2 Å². The van der Waals surface area contributed by atoms with Gasteiger partial charge in [-0.05, 0) is 31.2 Å². The molecule has 1 N–H and O–H groups in total.